The molecule has 0 aliphatic carbocycles. The molecule has 0 fully saturated rings. The molecule has 3 heteroatoms. The molecule has 1 aromatic heterocycles. The summed E-state index contributed by atoms with van der Waals surface area (Å²) in [6, 6.07) is 10.2. The van der Waals surface area contributed by atoms with E-state index in [2.05, 4.69) is 38.0 Å². The molecule has 0 aliphatic rings. The second-order valence-corrected chi connectivity index (χ2v) is 5.34. The lowest BCUT2D eigenvalue weighted by Crippen LogP contribution is -2.03. The van der Waals surface area contributed by atoms with Crippen molar-refractivity contribution in [3.8, 4) is 17.1 Å². The first-order valence-electron chi connectivity index (χ1n) is 6.97. The molecule has 0 aliphatic heterocycles. The van der Waals surface area contributed by atoms with Crippen LogP contribution in [-0.2, 0) is 13.0 Å². The molecule has 3 nitrogen and oxygen atoms in total. The van der Waals surface area contributed by atoms with Gasteiger partial charge in [-0.15, -0.1) is 5.10 Å². The van der Waals surface area contributed by atoms with E-state index in [0.29, 0.717) is 5.92 Å². The lowest BCUT2D eigenvalue weighted by atomic mass is 9.99. The normalized spacial score (nSPS) is 11.2. The summed E-state index contributed by atoms with van der Waals surface area (Å²) < 4.78 is 1.93. The van der Waals surface area contributed by atoms with Gasteiger partial charge in [-0.25, -0.2) is 0 Å². The molecular weight excluding hydrogens is 236 g/mol. The third kappa shape index (κ3) is 2.98. The van der Waals surface area contributed by atoms with E-state index < -0.39 is 0 Å². The zero-order valence-corrected chi connectivity index (χ0v) is 11.9. The Morgan fingerprint density at radius 2 is 1.89 bits per heavy atom. The van der Waals surface area contributed by atoms with Crippen molar-refractivity contribution >= 4 is 0 Å². The summed E-state index contributed by atoms with van der Waals surface area (Å²) in [6.07, 6.45) is 1.85. The van der Waals surface area contributed by atoms with E-state index in [4.69, 9.17) is 0 Å². The minimum Gasteiger partial charge on any atom is -0.492 e. The van der Waals surface area contributed by atoms with Gasteiger partial charge in [0.1, 0.15) is 0 Å². The SMILES string of the molecule is CCCn1nc(O)c(CC(C)C)c1-c1ccccc1. The van der Waals surface area contributed by atoms with Crippen molar-refractivity contribution in [2.45, 2.75) is 40.2 Å². The molecule has 0 spiro atoms. The van der Waals surface area contributed by atoms with Crippen molar-refractivity contribution in [1.29, 1.82) is 0 Å². The predicted molar refractivity (Wildman–Crippen MR) is 78.2 cm³/mol. The minimum absolute atomic E-state index is 0.181. The van der Waals surface area contributed by atoms with Gasteiger partial charge in [0, 0.05) is 17.7 Å². The summed E-state index contributed by atoms with van der Waals surface area (Å²) in [5.41, 5.74) is 3.16. The van der Waals surface area contributed by atoms with E-state index >= 15 is 0 Å². The van der Waals surface area contributed by atoms with Gasteiger partial charge in [0.05, 0.1) is 5.69 Å². The fraction of sp³-hybridized carbons (Fsp3) is 0.438. The van der Waals surface area contributed by atoms with Crippen LogP contribution in [0.1, 0.15) is 32.8 Å². The minimum atomic E-state index is 0.181. The van der Waals surface area contributed by atoms with E-state index in [-0.39, 0.29) is 5.88 Å². The molecule has 19 heavy (non-hydrogen) atoms. The molecule has 0 saturated heterocycles. The average Bonchev–Trinajstić information content (AvgIpc) is 2.67. The number of nitrogens with zero attached hydrogens (tertiary/aromatic N) is 2. The third-order valence-corrected chi connectivity index (χ3v) is 3.12. The molecule has 0 radical (unpaired) electrons. The predicted octanol–water partition coefficient (Wildman–Crippen LogP) is 3.86. The third-order valence-electron chi connectivity index (χ3n) is 3.12. The Bertz CT molecular complexity index is 529. The number of benzene rings is 1. The highest BCUT2D eigenvalue weighted by molar-refractivity contribution is 5.65. The standard InChI is InChI=1S/C16H22N2O/c1-4-10-18-15(13-8-6-5-7-9-13)14(11-12(2)3)16(19)17-18/h5-9,12H,4,10-11H2,1-3H3,(H,17,19). The number of hydrogen-bond donors (Lipinski definition) is 1. The summed E-state index contributed by atoms with van der Waals surface area (Å²) in [5.74, 6) is 0.675. The van der Waals surface area contributed by atoms with Crippen LogP contribution in [0.2, 0.25) is 0 Å². The van der Waals surface area contributed by atoms with Crippen molar-refractivity contribution in [1.82, 2.24) is 9.78 Å². The van der Waals surface area contributed by atoms with Gasteiger partial charge < -0.3 is 5.11 Å². The van der Waals surface area contributed by atoms with Gasteiger partial charge in [-0.2, -0.15) is 0 Å². The van der Waals surface area contributed by atoms with Crippen LogP contribution >= 0.6 is 0 Å². The molecular formula is C16H22N2O. The Balaban J connectivity index is 2.53. The van der Waals surface area contributed by atoms with E-state index in [1.165, 1.54) is 0 Å². The summed E-state index contributed by atoms with van der Waals surface area (Å²) in [5, 5.41) is 14.4. The van der Waals surface area contributed by atoms with Crippen molar-refractivity contribution in [2.24, 2.45) is 5.92 Å². The number of rotatable bonds is 5. The van der Waals surface area contributed by atoms with Crippen LogP contribution in [0.25, 0.3) is 11.3 Å². The molecule has 2 aromatic rings. The second kappa shape index (κ2) is 5.91. The van der Waals surface area contributed by atoms with Gasteiger partial charge in [0.25, 0.3) is 0 Å². The number of aromatic hydroxyl groups is 1. The monoisotopic (exact) mass is 258 g/mol. The van der Waals surface area contributed by atoms with Gasteiger partial charge in [-0.1, -0.05) is 51.1 Å². The Labute approximate surface area is 114 Å². The zero-order valence-electron chi connectivity index (χ0n) is 11.9. The quantitative estimate of drug-likeness (QED) is 0.884. The van der Waals surface area contributed by atoms with E-state index in [1.54, 1.807) is 0 Å². The van der Waals surface area contributed by atoms with Gasteiger partial charge >= 0.3 is 0 Å². The Morgan fingerprint density at radius 3 is 2.47 bits per heavy atom. The number of hydrogen-bond acceptors (Lipinski definition) is 2. The summed E-state index contributed by atoms with van der Waals surface area (Å²) >= 11 is 0. The highest BCUT2D eigenvalue weighted by atomic mass is 16.3. The first kappa shape index (κ1) is 13.7. The Morgan fingerprint density at radius 1 is 1.21 bits per heavy atom. The van der Waals surface area contributed by atoms with E-state index in [1.807, 2.05) is 22.9 Å². The lowest BCUT2D eigenvalue weighted by molar-refractivity contribution is 0.429. The number of aryl methyl sites for hydroxylation is 1. The highest BCUT2D eigenvalue weighted by Crippen LogP contribution is 2.32. The molecule has 102 valence electrons. The second-order valence-electron chi connectivity index (χ2n) is 5.34. The largest absolute Gasteiger partial charge is 0.492 e. The van der Waals surface area contributed by atoms with Gasteiger partial charge in [0.2, 0.25) is 5.88 Å². The van der Waals surface area contributed by atoms with Gasteiger partial charge in [0.15, 0.2) is 0 Å². The Hall–Kier alpha value is -1.77. The van der Waals surface area contributed by atoms with Crippen LogP contribution in [0.3, 0.4) is 0 Å². The first-order valence-corrected chi connectivity index (χ1v) is 6.97. The first-order chi connectivity index (χ1) is 9.13. The van der Waals surface area contributed by atoms with Crippen molar-refractivity contribution in [3.05, 3.63) is 35.9 Å². The Kier molecular flexibility index (Phi) is 4.25. The van der Waals surface area contributed by atoms with Crippen LogP contribution in [0.4, 0.5) is 0 Å². The molecule has 1 heterocycles. The van der Waals surface area contributed by atoms with Crippen molar-refractivity contribution < 1.29 is 5.11 Å². The van der Waals surface area contributed by atoms with Crippen LogP contribution in [0, 0.1) is 5.92 Å². The summed E-state index contributed by atoms with van der Waals surface area (Å²) in [7, 11) is 0. The molecule has 0 bridgehead atoms. The molecule has 1 aromatic carbocycles. The smallest absolute Gasteiger partial charge is 0.234 e. The average molecular weight is 258 g/mol. The van der Waals surface area contributed by atoms with Crippen LogP contribution in [-0.4, -0.2) is 14.9 Å². The maximum atomic E-state index is 10.1. The fourth-order valence-corrected chi connectivity index (χ4v) is 2.38. The molecule has 0 amide bonds. The van der Waals surface area contributed by atoms with Crippen molar-refractivity contribution in [3.63, 3.8) is 0 Å². The number of aromatic nitrogens is 2. The summed E-state index contributed by atoms with van der Waals surface area (Å²) in [4.78, 5) is 0. The van der Waals surface area contributed by atoms with E-state index in [0.717, 1.165) is 36.2 Å². The maximum Gasteiger partial charge on any atom is 0.234 e. The van der Waals surface area contributed by atoms with E-state index in [9.17, 15) is 5.11 Å². The molecule has 1 N–H and O–H groups in total. The fourth-order valence-electron chi connectivity index (χ4n) is 2.38. The van der Waals surface area contributed by atoms with Crippen LogP contribution in [0.5, 0.6) is 5.88 Å². The van der Waals surface area contributed by atoms with Crippen LogP contribution < -0.4 is 0 Å². The molecule has 0 unspecified atom stereocenters. The van der Waals surface area contributed by atoms with Crippen molar-refractivity contribution in [2.75, 3.05) is 0 Å². The molecule has 2 rings (SSSR count). The molecule has 0 atom stereocenters. The lowest BCUT2D eigenvalue weighted by Gasteiger charge is -2.10. The maximum absolute atomic E-state index is 10.1. The highest BCUT2D eigenvalue weighted by Gasteiger charge is 2.19. The van der Waals surface area contributed by atoms with Gasteiger partial charge in [-0.05, 0) is 18.8 Å². The zero-order chi connectivity index (χ0) is 13.8. The van der Waals surface area contributed by atoms with Crippen LogP contribution in [0.15, 0.2) is 30.3 Å². The molecule has 0 saturated carbocycles. The topological polar surface area (TPSA) is 38.0 Å². The van der Waals surface area contributed by atoms with Gasteiger partial charge in [-0.3, -0.25) is 4.68 Å². The summed E-state index contributed by atoms with van der Waals surface area (Å²) in [6.45, 7) is 7.27.